The van der Waals surface area contributed by atoms with E-state index in [-0.39, 0.29) is 23.9 Å². The largest absolute Gasteiger partial charge is 0.481 e. The zero-order valence-electron chi connectivity index (χ0n) is 10.7. The Kier molecular flexibility index (Phi) is 5.02. The number of terminal acetylenes is 1. The Morgan fingerprint density at radius 3 is 2.61 bits per heavy atom. The molecule has 1 atom stereocenters. The lowest BCUT2D eigenvalue weighted by molar-refractivity contribution is -0.141. The number of aliphatic carboxylic acids is 1. The van der Waals surface area contributed by atoms with E-state index in [0.29, 0.717) is 13.0 Å². The summed E-state index contributed by atoms with van der Waals surface area (Å²) in [7, 11) is 0. The van der Waals surface area contributed by atoms with Crippen molar-refractivity contribution in [2.45, 2.75) is 45.1 Å². The van der Waals surface area contributed by atoms with Crippen LogP contribution in [0.2, 0.25) is 0 Å². The number of urea groups is 1. The fourth-order valence-electron chi connectivity index (χ4n) is 2.18. The van der Waals surface area contributed by atoms with Crippen molar-refractivity contribution in [1.82, 2.24) is 10.6 Å². The SMILES string of the molecule is C#CCC(C)NC(=O)NCC1(CC(=O)O)CCC1. The number of carboxylic acid groups (broad SMARTS) is 1. The maximum absolute atomic E-state index is 11.6. The predicted octanol–water partition coefficient (Wildman–Crippen LogP) is 1.34. The van der Waals surface area contributed by atoms with Gasteiger partial charge in [0.1, 0.15) is 0 Å². The van der Waals surface area contributed by atoms with Crippen LogP contribution < -0.4 is 10.6 Å². The van der Waals surface area contributed by atoms with Crippen LogP contribution >= 0.6 is 0 Å². The first kappa shape index (κ1) is 14.4. The molecule has 1 fully saturated rings. The number of nitrogens with one attached hydrogen (secondary N) is 2. The highest BCUT2D eigenvalue weighted by Crippen LogP contribution is 2.43. The molecule has 18 heavy (non-hydrogen) atoms. The van der Waals surface area contributed by atoms with Crippen LogP contribution in [0.5, 0.6) is 0 Å². The second kappa shape index (κ2) is 6.29. The number of carboxylic acids is 1. The van der Waals surface area contributed by atoms with Crippen LogP contribution in [-0.2, 0) is 4.79 Å². The standard InChI is InChI=1S/C13H20N2O3/c1-3-5-10(2)15-12(18)14-9-13(6-4-7-13)8-11(16)17/h1,10H,4-9H2,2H3,(H,16,17)(H2,14,15,18). The van der Waals surface area contributed by atoms with Crippen LogP contribution in [0, 0.1) is 17.8 Å². The summed E-state index contributed by atoms with van der Waals surface area (Å²) < 4.78 is 0. The fraction of sp³-hybridized carbons (Fsp3) is 0.692. The van der Waals surface area contributed by atoms with Gasteiger partial charge >= 0.3 is 12.0 Å². The molecule has 100 valence electrons. The summed E-state index contributed by atoms with van der Waals surface area (Å²) in [5, 5.41) is 14.3. The molecule has 5 heteroatoms. The summed E-state index contributed by atoms with van der Waals surface area (Å²) in [5.74, 6) is 1.67. The average Bonchev–Trinajstić information content (AvgIpc) is 2.21. The highest BCUT2D eigenvalue weighted by atomic mass is 16.4. The van der Waals surface area contributed by atoms with Gasteiger partial charge in [0.25, 0.3) is 0 Å². The van der Waals surface area contributed by atoms with Gasteiger partial charge < -0.3 is 15.7 Å². The Labute approximate surface area is 107 Å². The summed E-state index contributed by atoms with van der Waals surface area (Å²) in [6.45, 7) is 2.24. The van der Waals surface area contributed by atoms with Crippen LogP contribution in [0.1, 0.15) is 39.0 Å². The molecule has 5 nitrogen and oxygen atoms in total. The number of hydrogen-bond donors (Lipinski definition) is 3. The Balaban J connectivity index is 2.33. The maximum Gasteiger partial charge on any atom is 0.315 e. The van der Waals surface area contributed by atoms with Crippen LogP contribution in [0.25, 0.3) is 0 Å². The van der Waals surface area contributed by atoms with E-state index in [1.807, 2.05) is 6.92 Å². The smallest absolute Gasteiger partial charge is 0.315 e. The molecule has 1 aliphatic carbocycles. The summed E-state index contributed by atoms with van der Waals surface area (Å²) in [6, 6.07) is -0.360. The van der Waals surface area contributed by atoms with E-state index in [1.54, 1.807) is 0 Å². The van der Waals surface area contributed by atoms with E-state index in [1.165, 1.54) is 0 Å². The first-order valence-electron chi connectivity index (χ1n) is 6.17. The molecular weight excluding hydrogens is 232 g/mol. The van der Waals surface area contributed by atoms with Gasteiger partial charge in [-0.3, -0.25) is 4.79 Å². The van der Waals surface area contributed by atoms with Crippen molar-refractivity contribution in [2.24, 2.45) is 5.41 Å². The van der Waals surface area contributed by atoms with E-state index >= 15 is 0 Å². The van der Waals surface area contributed by atoms with E-state index in [2.05, 4.69) is 16.6 Å². The van der Waals surface area contributed by atoms with Crippen molar-refractivity contribution in [2.75, 3.05) is 6.54 Å². The lowest BCUT2D eigenvalue weighted by Gasteiger charge is -2.40. The van der Waals surface area contributed by atoms with Crippen molar-refractivity contribution in [3.05, 3.63) is 0 Å². The molecule has 0 aliphatic heterocycles. The molecule has 3 N–H and O–H groups in total. The Bertz CT molecular complexity index is 356. The third kappa shape index (κ3) is 4.28. The number of rotatable bonds is 6. The van der Waals surface area contributed by atoms with Crippen LogP contribution in [-0.4, -0.2) is 29.7 Å². The van der Waals surface area contributed by atoms with Crippen LogP contribution in [0.15, 0.2) is 0 Å². The second-order valence-corrected chi connectivity index (χ2v) is 5.06. The van der Waals surface area contributed by atoms with Gasteiger partial charge in [0.2, 0.25) is 0 Å². The molecule has 1 aliphatic rings. The van der Waals surface area contributed by atoms with Gasteiger partial charge in [0.05, 0.1) is 6.42 Å². The zero-order valence-corrected chi connectivity index (χ0v) is 10.7. The molecule has 0 radical (unpaired) electrons. The topological polar surface area (TPSA) is 78.4 Å². The minimum atomic E-state index is -0.808. The van der Waals surface area contributed by atoms with Gasteiger partial charge in [-0.15, -0.1) is 12.3 Å². The number of amides is 2. The van der Waals surface area contributed by atoms with Crippen molar-refractivity contribution < 1.29 is 14.7 Å². The van der Waals surface area contributed by atoms with E-state index in [0.717, 1.165) is 19.3 Å². The Morgan fingerprint density at radius 2 is 2.17 bits per heavy atom. The van der Waals surface area contributed by atoms with E-state index < -0.39 is 5.97 Å². The first-order valence-corrected chi connectivity index (χ1v) is 6.17. The summed E-state index contributed by atoms with van der Waals surface area (Å²) in [5.41, 5.74) is -0.251. The molecule has 1 saturated carbocycles. The Hall–Kier alpha value is -1.70. The quantitative estimate of drug-likeness (QED) is 0.624. The monoisotopic (exact) mass is 252 g/mol. The van der Waals surface area contributed by atoms with Crippen molar-refractivity contribution >= 4 is 12.0 Å². The molecule has 1 unspecified atom stereocenters. The van der Waals surface area contributed by atoms with E-state index in [4.69, 9.17) is 11.5 Å². The molecule has 0 spiro atoms. The Morgan fingerprint density at radius 1 is 1.50 bits per heavy atom. The normalized spacial score (nSPS) is 18.0. The predicted molar refractivity (Wildman–Crippen MR) is 68.0 cm³/mol. The lowest BCUT2D eigenvalue weighted by atomic mass is 9.66. The minimum absolute atomic E-state index is 0.0770. The second-order valence-electron chi connectivity index (χ2n) is 5.06. The molecule has 1 rings (SSSR count). The first-order chi connectivity index (χ1) is 8.47. The number of carbonyl (C=O) groups is 2. The minimum Gasteiger partial charge on any atom is -0.481 e. The molecule has 0 aromatic rings. The van der Waals surface area contributed by atoms with Crippen molar-refractivity contribution in [3.63, 3.8) is 0 Å². The van der Waals surface area contributed by atoms with Gasteiger partial charge in [-0.05, 0) is 25.2 Å². The molecule has 0 aromatic carbocycles. The highest BCUT2D eigenvalue weighted by Gasteiger charge is 2.39. The number of carbonyl (C=O) groups excluding carboxylic acids is 1. The third-order valence-electron chi connectivity index (χ3n) is 3.37. The van der Waals surface area contributed by atoms with Gasteiger partial charge in [-0.25, -0.2) is 4.79 Å². The molecule has 2 amide bonds. The summed E-state index contributed by atoms with van der Waals surface area (Å²) in [6.07, 6.45) is 8.50. The molecule has 0 saturated heterocycles. The van der Waals surface area contributed by atoms with Gasteiger partial charge in [-0.1, -0.05) is 6.42 Å². The average molecular weight is 252 g/mol. The summed E-state index contributed by atoms with van der Waals surface area (Å²) >= 11 is 0. The molecule has 0 bridgehead atoms. The molecule has 0 aromatic heterocycles. The van der Waals surface area contributed by atoms with Crippen LogP contribution in [0.4, 0.5) is 4.79 Å². The molecule has 0 heterocycles. The zero-order chi connectivity index (χ0) is 13.6. The lowest BCUT2D eigenvalue weighted by Crippen LogP contribution is -2.48. The van der Waals surface area contributed by atoms with Crippen molar-refractivity contribution in [3.8, 4) is 12.3 Å². The van der Waals surface area contributed by atoms with Gasteiger partial charge in [0.15, 0.2) is 0 Å². The summed E-state index contributed by atoms with van der Waals surface area (Å²) in [4.78, 5) is 22.3. The fourth-order valence-corrected chi connectivity index (χ4v) is 2.18. The van der Waals surface area contributed by atoms with E-state index in [9.17, 15) is 9.59 Å². The molecular formula is C13H20N2O3. The maximum atomic E-state index is 11.6. The third-order valence-corrected chi connectivity index (χ3v) is 3.37. The van der Waals surface area contributed by atoms with Crippen LogP contribution in [0.3, 0.4) is 0 Å². The van der Waals surface area contributed by atoms with Gasteiger partial charge in [0, 0.05) is 19.0 Å². The van der Waals surface area contributed by atoms with Crippen molar-refractivity contribution in [1.29, 1.82) is 0 Å². The van der Waals surface area contributed by atoms with Gasteiger partial charge in [-0.2, -0.15) is 0 Å². The number of hydrogen-bond acceptors (Lipinski definition) is 2. The highest BCUT2D eigenvalue weighted by molar-refractivity contribution is 5.74.